The molecule has 0 saturated carbocycles. The molecule has 1 aromatic carbocycles. The molecule has 4 heteroatoms. The smallest absolute Gasteiger partial charge is 0.159 e. The summed E-state index contributed by atoms with van der Waals surface area (Å²) in [7, 11) is 0. The molecule has 0 N–H and O–H groups in total. The predicted molar refractivity (Wildman–Crippen MR) is 142 cm³/mol. The molecule has 0 aliphatic carbocycles. The number of nitrogens with zero attached hydrogens (tertiary/aromatic N) is 2. The number of rotatable bonds is 19. The number of benzene rings is 1. The SMILES string of the molecule is CCCCCCCCCc1ccc(-c2ncc(OCC(F)CCC(C)CCCCC)cn2)cc1. The summed E-state index contributed by atoms with van der Waals surface area (Å²) in [5.74, 6) is 1.78. The molecule has 190 valence electrons. The van der Waals surface area contributed by atoms with Crippen LogP contribution < -0.4 is 4.74 Å². The third-order valence-corrected chi connectivity index (χ3v) is 6.61. The fourth-order valence-electron chi connectivity index (χ4n) is 4.27. The molecule has 2 unspecified atom stereocenters. The Morgan fingerprint density at radius 2 is 1.38 bits per heavy atom. The van der Waals surface area contributed by atoms with Crippen molar-refractivity contribution in [3.8, 4) is 17.1 Å². The van der Waals surface area contributed by atoms with Crippen molar-refractivity contribution in [1.29, 1.82) is 0 Å². The molecule has 1 aromatic heterocycles. The highest BCUT2D eigenvalue weighted by Crippen LogP contribution is 2.20. The molecular formula is C30H47FN2O. The topological polar surface area (TPSA) is 35.0 Å². The van der Waals surface area contributed by atoms with Gasteiger partial charge in [0.15, 0.2) is 11.6 Å². The van der Waals surface area contributed by atoms with Gasteiger partial charge in [0.25, 0.3) is 0 Å². The van der Waals surface area contributed by atoms with Crippen LogP contribution in [0.3, 0.4) is 0 Å². The van der Waals surface area contributed by atoms with Crippen molar-refractivity contribution in [2.45, 2.75) is 117 Å². The van der Waals surface area contributed by atoms with Crippen molar-refractivity contribution >= 4 is 0 Å². The normalized spacial score (nSPS) is 13.1. The van der Waals surface area contributed by atoms with Crippen LogP contribution in [0.5, 0.6) is 5.75 Å². The fourth-order valence-corrected chi connectivity index (χ4v) is 4.27. The third kappa shape index (κ3) is 11.9. The first-order valence-electron chi connectivity index (χ1n) is 13.8. The van der Waals surface area contributed by atoms with Gasteiger partial charge in [-0.15, -0.1) is 0 Å². The molecule has 34 heavy (non-hydrogen) atoms. The van der Waals surface area contributed by atoms with Crippen LogP contribution in [0.15, 0.2) is 36.7 Å². The van der Waals surface area contributed by atoms with Crippen LogP contribution in [0.25, 0.3) is 11.4 Å². The second-order valence-electron chi connectivity index (χ2n) is 9.90. The number of alkyl halides is 1. The van der Waals surface area contributed by atoms with Crippen LogP contribution in [-0.2, 0) is 6.42 Å². The number of aromatic nitrogens is 2. The molecule has 3 nitrogen and oxygen atoms in total. The number of aryl methyl sites for hydroxylation is 1. The fraction of sp³-hybridized carbons (Fsp3) is 0.667. The minimum Gasteiger partial charge on any atom is -0.487 e. The summed E-state index contributed by atoms with van der Waals surface area (Å²) in [5.41, 5.74) is 2.36. The van der Waals surface area contributed by atoms with Crippen molar-refractivity contribution in [2.75, 3.05) is 6.61 Å². The van der Waals surface area contributed by atoms with Crippen LogP contribution in [0.4, 0.5) is 4.39 Å². The van der Waals surface area contributed by atoms with Crippen molar-refractivity contribution in [3.63, 3.8) is 0 Å². The predicted octanol–water partition coefficient (Wildman–Crippen LogP) is 9.15. The number of unbranched alkanes of at least 4 members (excludes halogenated alkanes) is 8. The highest BCUT2D eigenvalue weighted by Gasteiger charge is 2.11. The first-order chi connectivity index (χ1) is 16.6. The molecule has 0 amide bonds. The van der Waals surface area contributed by atoms with Gasteiger partial charge in [-0.2, -0.15) is 0 Å². The van der Waals surface area contributed by atoms with E-state index in [1.807, 2.05) is 0 Å². The Morgan fingerprint density at radius 3 is 2.06 bits per heavy atom. The van der Waals surface area contributed by atoms with Crippen molar-refractivity contribution in [2.24, 2.45) is 5.92 Å². The van der Waals surface area contributed by atoms with Crippen molar-refractivity contribution < 1.29 is 9.13 Å². The lowest BCUT2D eigenvalue weighted by Crippen LogP contribution is -2.14. The highest BCUT2D eigenvalue weighted by molar-refractivity contribution is 5.55. The Labute approximate surface area is 208 Å². The van der Waals surface area contributed by atoms with Gasteiger partial charge in [-0.25, -0.2) is 14.4 Å². The lowest BCUT2D eigenvalue weighted by atomic mass is 9.97. The van der Waals surface area contributed by atoms with E-state index in [0.717, 1.165) is 18.4 Å². The molecule has 0 aliphatic rings. The number of halogens is 1. The zero-order valence-electron chi connectivity index (χ0n) is 21.9. The Morgan fingerprint density at radius 1 is 0.765 bits per heavy atom. The van der Waals surface area contributed by atoms with Gasteiger partial charge in [-0.1, -0.05) is 109 Å². The molecule has 2 aromatic rings. The minimum atomic E-state index is -0.947. The minimum absolute atomic E-state index is 0.0672. The molecule has 0 saturated heterocycles. The van der Waals surface area contributed by atoms with Gasteiger partial charge in [0.05, 0.1) is 12.4 Å². The zero-order valence-corrected chi connectivity index (χ0v) is 21.9. The summed E-state index contributed by atoms with van der Waals surface area (Å²) < 4.78 is 19.8. The van der Waals surface area contributed by atoms with Gasteiger partial charge in [-0.05, 0) is 37.2 Å². The lowest BCUT2D eigenvalue weighted by molar-refractivity contribution is 0.177. The second-order valence-corrected chi connectivity index (χ2v) is 9.90. The average Bonchev–Trinajstić information content (AvgIpc) is 2.86. The lowest BCUT2D eigenvalue weighted by Gasteiger charge is -2.14. The van der Waals surface area contributed by atoms with E-state index in [2.05, 4.69) is 55.0 Å². The molecule has 1 heterocycles. The Balaban J connectivity index is 1.67. The maximum atomic E-state index is 14.2. The Bertz CT molecular complexity index is 747. The summed E-state index contributed by atoms with van der Waals surface area (Å²) >= 11 is 0. The van der Waals surface area contributed by atoms with Gasteiger partial charge >= 0.3 is 0 Å². The van der Waals surface area contributed by atoms with Gasteiger partial charge in [0.2, 0.25) is 0 Å². The summed E-state index contributed by atoms with van der Waals surface area (Å²) in [4.78, 5) is 8.85. The van der Waals surface area contributed by atoms with Gasteiger partial charge < -0.3 is 4.74 Å². The van der Waals surface area contributed by atoms with Crippen LogP contribution in [0.2, 0.25) is 0 Å². The number of ether oxygens (including phenoxy) is 1. The van der Waals surface area contributed by atoms with E-state index < -0.39 is 6.17 Å². The van der Waals surface area contributed by atoms with Gasteiger partial charge in [0, 0.05) is 5.56 Å². The van der Waals surface area contributed by atoms with Gasteiger partial charge in [0.1, 0.15) is 12.8 Å². The molecule has 0 bridgehead atoms. The molecule has 2 rings (SSSR count). The maximum absolute atomic E-state index is 14.2. The van der Waals surface area contributed by atoms with Crippen LogP contribution in [0, 0.1) is 5.92 Å². The standard InChI is InChI=1S/C30H47FN2O/c1-4-6-8-9-10-11-13-15-26-17-19-27(20-18-26)30-32-22-29(23-33-30)34-24-28(31)21-16-25(3)14-12-7-5-2/h17-20,22-23,25,28H,4-16,21,24H2,1-3H3. The Hall–Kier alpha value is -1.97. The summed E-state index contributed by atoms with van der Waals surface area (Å²) in [6, 6.07) is 8.53. The number of hydrogen-bond donors (Lipinski definition) is 0. The molecule has 2 atom stereocenters. The first-order valence-corrected chi connectivity index (χ1v) is 13.8. The molecule has 0 spiro atoms. The van der Waals surface area contributed by atoms with Crippen molar-refractivity contribution in [1.82, 2.24) is 9.97 Å². The summed E-state index contributed by atoms with van der Waals surface area (Å²) in [6.45, 7) is 6.76. The molecular weight excluding hydrogens is 423 g/mol. The van der Waals surface area contributed by atoms with E-state index in [1.54, 1.807) is 12.4 Å². The van der Waals surface area contributed by atoms with Crippen LogP contribution in [0.1, 0.15) is 110 Å². The van der Waals surface area contributed by atoms with E-state index in [-0.39, 0.29) is 6.61 Å². The largest absolute Gasteiger partial charge is 0.487 e. The molecule has 0 aliphatic heterocycles. The molecule has 0 radical (unpaired) electrons. The maximum Gasteiger partial charge on any atom is 0.159 e. The third-order valence-electron chi connectivity index (χ3n) is 6.61. The number of hydrogen-bond acceptors (Lipinski definition) is 3. The monoisotopic (exact) mass is 470 g/mol. The summed E-state index contributed by atoms with van der Waals surface area (Å²) in [6.07, 6.45) is 19.2. The van der Waals surface area contributed by atoms with E-state index in [0.29, 0.717) is 23.9 Å². The Kier molecular flexibility index (Phi) is 14.5. The van der Waals surface area contributed by atoms with E-state index in [1.165, 1.54) is 76.2 Å². The van der Waals surface area contributed by atoms with Gasteiger partial charge in [-0.3, -0.25) is 0 Å². The zero-order chi connectivity index (χ0) is 24.4. The van der Waals surface area contributed by atoms with Crippen LogP contribution in [-0.4, -0.2) is 22.7 Å². The van der Waals surface area contributed by atoms with E-state index in [4.69, 9.17) is 4.74 Å². The van der Waals surface area contributed by atoms with Crippen molar-refractivity contribution in [3.05, 3.63) is 42.2 Å². The first kappa shape index (κ1) is 28.3. The second kappa shape index (κ2) is 17.5. The van der Waals surface area contributed by atoms with Crippen LogP contribution >= 0.6 is 0 Å². The van der Waals surface area contributed by atoms with E-state index >= 15 is 0 Å². The average molecular weight is 471 g/mol. The summed E-state index contributed by atoms with van der Waals surface area (Å²) in [5, 5.41) is 0. The molecule has 0 fully saturated rings. The van der Waals surface area contributed by atoms with E-state index in [9.17, 15) is 4.39 Å². The quantitative estimate of drug-likeness (QED) is 0.192. The highest BCUT2D eigenvalue weighted by atomic mass is 19.1.